The zero-order valence-electron chi connectivity index (χ0n) is 15.6. The molecule has 1 aromatic heterocycles. The third kappa shape index (κ3) is 5.80. The van der Waals surface area contributed by atoms with Gasteiger partial charge in [0.2, 0.25) is 5.91 Å². The molecule has 0 fully saturated rings. The molecule has 1 heterocycles. The summed E-state index contributed by atoms with van der Waals surface area (Å²) >= 11 is 2.15. The number of hydrogen-bond acceptors (Lipinski definition) is 4. The minimum absolute atomic E-state index is 0.145. The Morgan fingerprint density at radius 2 is 1.83 bits per heavy atom. The standard InChI is InChI=1S/C20H21IN4O3S/c21-17-7-9-18(10-8-17)25(29(27,28)19-5-2-1-3-6-19)15-20(26)23-11-4-13-24-14-12-22-16-24/h1-3,5-10,12,14,16H,4,11,13,15H2,(H,23,26). The highest BCUT2D eigenvalue weighted by molar-refractivity contribution is 14.1. The van der Waals surface area contributed by atoms with Crippen LogP contribution in [0.15, 0.2) is 78.2 Å². The molecule has 0 radical (unpaired) electrons. The van der Waals surface area contributed by atoms with Crippen LogP contribution in [0.1, 0.15) is 6.42 Å². The zero-order valence-corrected chi connectivity index (χ0v) is 18.6. The van der Waals surface area contributed by atoms with Crippen molar-refractivity contribution in [3.05, 3.63) is 76.9 Å². The molecule has 3 rings (SSSR count). The largest absolute Gasteiger partial charge is 0.354 e. The van der Waals surface area contributed by atoms with E-state index in [0.717, 1.165) is 20.8 Å². The Kier molecular flexibility index (Phi) is 7.26. The summed E-state index contributed by atoms with van der Waals surface area (Å²) in [5.41, 5.74) is 0.447. The number of aryl methyl sites for hydroxylation is 1. The zero-order chi connectivity index (χ0) is 20.7. The topological polar surface area (TPSA) is 84.3 Å². The summed E-state index contributed by atoms with van der Waals surface area (Å²) in [6.45, 7) is 0.884. The van der Waals surface area contributed by atoms with Crippen LogP contribution in [0, 0.1) is 3.57 Å². The maximum Gasteiger partial charge on any atom is 0.264 e. The van der Waals surface area contributed by atoms with Crippen LogP contribution in [0.2, 0.25) is 0 Å². The minimum Gasteiger partial charge on any atom is -0.354 e. The summed E-state index contributed by atoms with van der Waals surface area (Å²) in [6.07, 6.45) is 5.99. The second kappa shape index (κ2) is 9.88. The maximum absolute atomic E-state index is 13.2. The highest BCUT2D eigenvalue weighted by atomic mass is 127. The number of nitrogens with zero attached hydrogens (tertiary/aromatic N) is 3. The van der Waals surface area contributed by atoms with E-state index in [2.05, 4.69) is 32.9 Å². The van der Waals surface area contributed by atoms with Gasteiger partial charge in [0.05, 0.1) is 16.9 Å². The lowest BCUT2D eigenvalue weighted by molar-refractivity contribution is -0.119. The van der Waals surface area contributed by atoms with Crippen molar-refractivity contribution >= 4 is 44.2 Å². The molecule has 0 saturated heterocycles. The van der Waals surface area contributed by atoms with E-state index in [1.165, 1.54) is 12.1 Å². The molecule has 0 aliphatic carbocycles. The Bertz CT molecular complexity index is 1020. The molecule has 29 heavy (non-hydrogen) atoms. The predicted octanol–water partition coefficient (Wildman–Crippen LogP) is 2.89. The molecule has 2 aromatic carbocycles. The van der Waals surface area contributed by atoms with Gasteiger partial charge in [-0.3, -0.25) is 9.10 Å². The second-order valence-corrected chi connectivity index (χ2v) is 9.41. The van der Waals surface area contributed by atoms with Crippen molar-refractivity contribution in [3.8, 4) is 0 Å². The van der Waals surface area contributed by atoms with Crippen LogP contribution in [0.25, 0.3) is 0 Å². The lowest BCUT2D eigenvalue weighted by Gasteiger charge is -2.24. The number of carbonyl (C=O) groups excluding carboxylic acids is 1. The molecule has 0 aliphatic rings. The molecular weight excluding hydrogens is 503 g/mol. The van der Waals surface area contributed by atoms with Crippen molar-refractivity contribution < 1.29 is 13.2 Å². The number of rotatable bonds is 9. The lowest BCUT2D eigenvalue weighted by Crippen LogP contribution is -2.41. The van der Waals surface area contributed by atoms with Gasteiger partial charge < -0.3 is 9.88 Å². The third-order valence-electron chi connectivity index (χ3n) is 4.21. The van der Waals surface area contributed by atoms with Gasteiger partial charge in [-0.2, -0.15) is 0 Å². The Labute approximate surface area is 184 Å². The number of hydrogen-bond donors (Lipinski definition) is 1. The molecule has 0 atom stereocenters. The first-order valence-corrected chi connectivity index (χ1v) is 11.5. The van der Waals surface area contributed by atoms with E-state index in [1.54, 1.807) is 42.9 Å². The predicted molar refractivity (Wildman–Crippen MR) is 120 cm³/mol. The first kappa shape index (κ1) is 21.3. The lowest BCUT2D eigenvalue weighted by atomic mass is 10.3. The first-order chi connectivity index (χ1) is 14.0. The van der Waals surface area contributed by atoms with Gasteiger partial charge in [-0.1, -0.05) is 18.2 Å². The van der Waals surface area contributed by atoms with Crippen LogP contribution >= 0.6 is 22.6 Å². The third-order valence-corrected chi connectivity index (χ3v) is 6.71. The molecule has 0 unspecified atom stereocenters. The first-order valence-electron chi connectivity index (χ1n) is 9.02. The summed E-state index contributed by atoms with van der Waals surface area (Å²) in [5.74, 6) is -0.353. The van der Waals surface area contributed by atoms with Crippen LogP contribution in [-0.2, 0) is 21.4 Å². The monoisotopic (exact) mass is 524 g/mol. The fourth-order valence-corrected chi connectivity index (χ4v) is 4.54. The number of nitrogens with one attached hydrogen (secondary N) is 1. The molecule has 1 amide bonds. The molecule has 7 nitrogen and oxygen atoms in total. The van der Waals surface area contributed by atoms with E-state index in [0.29, 0.717) is 12.2 Å². The van der Waals surface area contributed by atoms with Crippen LogP contribution in [0.3, 0.4) is 0 Å². The summed E-state index contributed by atoms with van der Waals surface area (Å²) in [5, 5.41) is 2.80. The molecule has 152 valence electrons. The highest BCUT2D eigenvalue weighted by Crippen LogP contribution is 2.24. The average molecular weight is 524 g/mol. The normalized spacial score (nSPS) is 11.2. The van der Waals surface area contributed by atoms with E-state index < -0.39 is 10.0 Å². The van der Waals surface area contributed by atoms with Gasteiger partial charge in [-0.15, -0.1) is 0 Å². The number of anilines is 1. The Morgan fingerprint density at radius 1 is 1.10 bits per heavy atom. The molecule has 0 spiro atoms. The Hall–Kier alpha value is -2.40. The van der Waals surface area contributed by atoms with Crippen molar-refractivity contribution in [3.63, 3.8) is 0 Å². The molecular formula is C20H21IN4O3S. The maximum atomic E-state index is 13.2. The van der Waals surface area contributed by atoms with E-state index >= 15 is 0 Å². The van der Waals surface area contributed by atoms with Crippen molar-refractivity contribution in [2.75, 3.05) is 17.4 Å². The van der Waals surface area contributed by atoms with Crippen LogP contribution < -0.4 is 9.62 Å². The second-order valence-electron chi connectivity index (χ2n) is 6.31. The molecule has 3 aromatic rings. The fraction of sp³-hybridized carbons (Fsp3) is 0.200. The summed E-state index contributed by atoms with van der Waals surface area (Å²) in [7, 11) is -3.87. The van der Waals surface area contributed by atoms with Crippen molar-refractivity contribution in [1.82, 2.24) is 14.9 Å². The number of carbonyl (C=O) groups is 1. The summed E-state index contributed by atoms with van der Waals surface area (Å²) in [6, 6.07) is 15.2. The van der Waals surface area contributed by atoms with Gasteiger partial charge in [0.25, 0.3) is 10.0 Å². The van der Waals surface area contributed by atoms with Gasteiger partial charge in [0, 0.05) is 29.1 Å². The Balaban J connectivity index is 1.71. The Morgan fingerprint density at radius 3 is 2.48 bits per heavy atom. The summed E-state index contributed by atoms with van der Waals surface area (Å²) in [4.78, 5) is 16.6. The van der Waals surface area contributed by atoms with E-state index in [1.807, 2.05) is 22.9 Å². The number of halogens is 1. The number of aromatic nitrogens is 2. The summed E-state index contributed by atoms with van der Waals surface area (Å²) < 4.78 is 30.4. The molecule has 1 N–H and O–H groups in total. The van der Waals surface area contributed by atoms with Gasteiger partial charge in [0.1, 0.15) is 6.54 Å². The van der Waals surface area contributed by atoms with Crippen molar-refractivity contribution in [1.29, 1.82) is 0 Å². The van der Waals surface area contributed by atoms with E-state index in [4.69, 9.17) is 0 Å². The van der Waals surface area contributed by atoms with Crippen molar-refractivity contribution in [2.45, 2.75) is 17.9 Å². The minimum atomic E-state index is -3.87. The van der Waals surface area contributed by atoms with Gasteiger partial charge in [-0.05, 0) is 65.4 Å². The van der Waals surface area contributed by atoms with Gasteiger partial charge in [-0.25, -0.2) is 13.4 Å². The van der Waals surface area contributed by atoms with E-state index in [9.17, 15) is 13.2 Å². The van der Waals surface area contributed by atoms with Crippen LogP contribution in [0.4, 0.5) is 5.69 Å². The number of imidazole rings is 1. The van der Waals surface area contributed by atoms with Crippen molar-refractivity contribution in [2.24, 2.45) is 0 Å². The smallest absolute Gasteiger partial charge is 0.264 e. The molecule has 0 saturated carbocycles. The van der Waals surface area contributed by atoms with Crippen LogP contribution in [0.5, 0.6) is 0 Å². The fourth-order valence-electron chi connectivity index (χ4n) is 2.74. The van der Waals surface area contributed by atoms with Gasteiger partial charge in [0.15, 0.2) is 0 Å². The molecule has 0 bridgehead atoms. The molecule has 9 heteroatoms. The number of amides is 1. The molecule has 0 aliphatic heterocycles. The highest BCUT2D eigenvalue weighted by Gasteiger charge is 2.26. The van der Waals surface area contributed by atoms with Crippen LogP contribution in [-0.4, -0.2) is 37.0 Å². The van der Waals surface area contributed by atoms with Gasteiger partial charge >= 0.3 is 0 Å². The number of sulfonamides is 1. The quantitative estimate of drug-likeness (QED) is 0.345. The number of benzene rings is 2. The van der Waals surface area contributed by atoms with E-state index in [-0.39, 0.29) is 17.3 Å². The SMILES string of the molecule is O=C(CN(c1ccc(I)cc1)S(=O)(=O)c1ccccc1)NCCCn1ccnc1. The average Bonchev–Trinajstić information content (AvgIpc) is 3.24.